The van der Waals surface area contributed by atoms with E-state index in [9.17, 15) is 4.79 Å². The minimum Gasteiger partial charge on any atom is -0.380 e. The van der Waals surface area contributed by atoms with E-state index in [0.717, 1.165) is 37.2 Å². The van der Waals surface area contributed by atoms with Crippen LogP contribution in [0.4, 0.5) is 5.69 Å². The molecule has 1 amide bonds. The molecule has 1 aliphatic heterocycles. The van der Waals surface area contributed by atoms with Crippen molar-refractivity contribution >= 4 is 11.6 Å². The summed E-state index contributed by atoms with van der Waals surface area (Å²) in [4.78, 5) is 22.4. The summed E-state index contributed by atoms with van der Waals surface area (Å²) in [5.74, 6) is 0.0764. The molecule has 3 heterocycles. The molecule has 108 valence electrons. The fourth-order valence-corrected chi connectivity index (χ4v) is 2.46. The van der Waals surface area contributed by atoms with Gasteiger partial charge in [-0.05, 0) is 36.6 Å². The predicted octanol–water partition coefficient (Wildman–Crippen LogP) is 2.32. The molecule has 21 heavy (non-hydrogen) atoms. The standard InChI is InChI=1S/C16H18N4O/c21-16(20-7-1-2-8-20)14-9-15(12-18-11-14)19-10-13-3-5-17-6-4-13/h3-6,9,11-12,19H,1-2,7-8,10H2. The zero-order valence-corrected chi connectivity index (χ0v) is 11.8. The van der Waals surface area contributed by atoms with Crippen molar-refractivity contribution in [2.75, 3.05) is 18.4 Å². The minimum absolute atomic E-state index is 0.0764. The summed E-state index contributed by atoms with van der Waals surface area (Å²) in [5, 5.41) is 3.29. The monoisotopic (exact) mass is 282 g/mol. The van der Waals surface area contributed by atoms with Crippen LogP contribution in [0, 0.1) is 0 Å². The lowest BCUT2D eigenvalue weighted by Crippen LogP contribution is -2.27. The Kier molecular flexibility index (Phi) is 4.09. The van der Waals surface area contributed by atoms with E-state index < -0.39 is 0 Å². The number of amides is 1. The van der Waals surface area contributed by atoms with Crippen molar-refractivity contribution in [2.24, 2.45) is 0 Å². The molecular weight excluding hydrogens is 264 g/mol. The van der Waals surface area contributed by atoms with Gasteiger partial charge in [0.25, 0.3) is 5.91 Å². The van der Waals surface area contributed by atoms with Gasteiger partial charge in [-0.3, -0.25) is 14.8 Å². The second-order valence-electron chi connectivity index (χ2n) is 5.17. The summed E-state index contributed by atoms with van der Waals surface area (Å²) in [6.45, 7) is 2.40. The second kappa shape index (κ2) is 6.35. The molecule has 2 aromatic rings. The van der Waals surface area contributed by atoms with Crippen LogP contribution in [0.5, 0.6) is 0 Å². The van der Waals surface area contributed by atoms with Gasteiger partial charge in [0.15, 0.2) is 0 Å². The van der Waals surface area contributed by atoms with Crippen LogP contribution in [0.2, 0.25) is 0 Å². The smallest absolute Gasteiger partial charge is 0.255 e. The van der Waals surface area contributed by atoms with E-state index >= 15 is 0 Å². The first-order chi connectivity index (χ1) is 10.3. The number of hydrogen-bond acceptors (Lipinski definition) is 4. The maximum Gasteiger partial charge on any atom is 0.255 e. The lowest BCUT2D eigenvalue weighted by molar-refractivity contribution is 0.0792. The zero-order valence-electron chi connectivity index (χ0n) is 11.8. The molecule has 3 rings (SSSR count). The van der Waals surface area contributed by atoms with Crippen LogP contribution in [0.1, 0.15) is 28.8 Å². The number of nitrogens with zero attached hydrogens (tertiary/aromatic N) is 3. The highest BCUT2D eigenvalue weighted by molar-refractivity contribution is 5.94. The van der Waals surface area contributed by atoms with Gasteiger partial charge in [-0.25, -0.2) is 0 Å². The summed E-state index contributed by atoms with van der Waals surface area (Å²) < 4.78 is 0. The summed E-state index contributed by atoms with van der Waals surface area (Å²) in [5.41, 5.74) is 2.65. The number of nitrogens with one attached hydrogen (secondary N) is 1. The molecule has 2 aromatic heterocycles. The molecule has 0 saturated carbocycles. The van der Waals surface area contributed by atoms with Crippen LogP contribution in [0.25, 0.3) is 0 Å². The summed E-state index contributed by atoms with van der Waals surface area (Å²) in [6, 6.07) is 5.79. The Hall–Kier alpha value is -2.43. The quantitative estimate of drug-likeness (QED) is 0.935. The van der Waals surface area contributed by atoms with Crippen molar-refractivity contribution in [1.29, 1.82) is 0 Å². The molecule has 5 nitrogen and oxygen atoms in total. The molecule has 1 fully saturated rings. The first-order valence-corrected chi connectivity index (χ1v) is 7.20. The lowest BCUT2D eigenvalue weighted by atomic mass is 10.2. The fraction of sp³-hybridized carbons (Fsp3) is 0.312. The van der Waals surface area contributed by atoms with Gasteiger partial charge < -0.3 is 10.2 Å². The van der Waals surface area contributed by atoms with Gasteiger partial charge in [-0.2, -0.15) is 0 Å². The van der Waals surface area contributed by atoms with E-state index in [0.29, 0.717) is 12.1 Å². The number of anilines is 1. The predicted molar refractivity (Wildman–Crippen MR) is 80.9 cm³/mol. The molecule has 0 atom stereocenters. The molecule has 1 saturated heterocycles. The number of carbonyl (C=O) groups excluding carboxylic acids is 1. The molecule has 0 spiro atoms. The van der Waals surface area contributed by atoms with Gasteiger partial charge in [0.2, 0.25) is 0 Å². The number of aromatic nitrogens is 2. The zero-order chi connectivity index (χ0) is 14.5. The molecule has 0 aromatic carbocycles. The Labute approximate surface area is 124 Å². The highest BCUT2D eigenvalue weighted by Crippen LogP contribution is 2.15. The van der Waals surface area contributed by atoms with Crippen molar-refractivity contribution in [1.82, 2.24) is 14.9 Å². The molecule has 5 heteroatoms. The third-order valence-corrected chi connectivity index (χ3v) is 3.62. The van der Waals surface area contributed by atoms with Gasteiger partial charge in [-0.15, -0.1) is 0 Å². The third-order valence-electron chi connectivity index (χ3n) is 3.62. The van der Waals surface area contributed by atoms with E-state index in [1.54, 1.807) is 24.8 Å². The van der Waals surface area contributed by atoms with E-state index in [4.69, 9.17) is 0 Å². The normalized spacial score (nSPS) is 14.2. The maximum absolute atomic E-state index is 12.3. The SMILES string of the molecule is O=C(c1cncc(NCc2ccncc2)c1)N1CCCC1. The van der Waals surface area contributed by atoms with Crippen molar-refractivity contribution < 1.29 is 4.79 Å². The van der Waals surface area contributed by atoms with Crippen LogP contribution < -0.4 is 5.32 Å². The number of rotatable bonds is 4. The van der Waals surface area contributed by atoms with E-state index in [2.05, 4.69) is 15.3 Å². The molecular formula is C16H18N4O. The van der Waals surface area contributed by atoms with Gasteiger partial charge in [0, 0.05) is 44.4 Å². The molecule has 0 unspecified atom stereocenters. The van der Waals surface area contributed by atoms with Crippen LogP contribution in [-0.4, -0.2) is 33.9 Å². The van der Waals surface area contributed by atoms with Gasteiger partial charge in [-0.1, -0.05) is 0 Å². The van der Waals surface area contributed by atoms with Crippen LogP contribution in [0.3, 0.4) is 0 Å². The molecule has 1 aliphatic rings. The highest BCUT2D eigenvalue weighted by Gasteiger charge is 2.19. The molecule has 1 N–H and O–H groups in total. The number of pyridine rings is 2. The van der Waals surface area contributed by atoms with Crippen molar-refractivity contribution in [3.63, 3.8) is 0 Å². The average molecular weight is 282 g/mol. The van der Waals surface area contributed by atoms with E-state index in [1.165, 1.54) is 0 Å². The first-order valence-electron chi connectivity index (χ1n) is 7.20. The fourth-order valence-electron chi connectivity index (χ4n) is 2.46. The third kappa shape index (κ3) is 3.37. The van der Waals surface area contributed by atoms with E-state index in [-0.39, 0.29) is 5.91 Å². The number of hydrogen-bond donors (Lipinski definition) is 1. The topological polar surface area (TPSA) is 58.1 Å². The molecule has 0 aliphatic carbocycles. The molecule has 0 bridgehead atoms. The Morgan fingerprint density at radius 1 is 1.14 bits per heavy atom. The second-order valence-corrected chi connectivity index (χ2v) is 5.17. The highest BCUT2D eigenvalue weighted by atomic mass is 16.2. The Bertz CT molecular complexity index is 609. The number of carbonyl (C=O) groups is 1. The largest absolute Gasteiger partial charge is 0.380 e. The van der Waals surface area contributed by atoms with Crippen molar-refractivity contribution in [3.8, 4) is 0 Å². The van der Waals surface area contributed by atoms with Crippen LogP contribution >= 0.6 is 0 Å². The van der Waals surface area contributed by atoms with Crippen LogP contribution in [-0.2, 0) is 6.54 Å². The lowest BCUT2D eigenvalue weighted by Gasteiger charge is -2.15. The Balaban J connectivity index is 1.66. The Morgan fingerprint density at radius 2 is 1.90 bits per heavy atom. The number of likely N-dealkylation sites (tertiary alicyclic amines) is 1. The van der Waals surface area contributed by atoms with Gasteiger partial charge in [0.1, 0.15) is 0 Å². The van der Waals surface area contributed by atoms with Crippen molar-refractivity contribution in [3.05, 3.63) is 54.1 Å². The first kappa shape index (κ1) is 13.5. The van der Waals surface area contributed by atoms with Crippen molar-refractivity contribution in [2.45, 2.75) is 19.4 Å². The van der Waals surface area contributed by atoms with E-state index in [1.807, 2.05) is 23.1 Å². The Morgan fingerprint density at radius 3 is 2.67 bits per heavy atom. The summed E-state index contributed by atoms with van der Waals surface area (Å²) in [6.07, 6.45) is 9.10. The summed E-state index contributed by atoms with van der Waals surface area (Å²) in [7, 11) is 0. The van der Waals surface area contributed by atoms with Gasteiger partial charge >= 0.3 is 0 Å². The van der Waals surface area contributed by atoms with Crippen LogP contribution in [0.15, 0.2) is 43.0 Å². The summed E-state index contributed by atoms with van der Waals surface area (Å²) >= 11 is 0. The molecule has 0 radical (unpaired) electrons. The minimum atomic E-state index is 0.0764. The maximum atomic E-state index is 12.3. The van der Waals surface area contributed by atoms with Gasteiger partial charge in [0.05, 0.1) is 11.3 Å². The average Bonchev–Trinajstić information content (AvgIpc) is 3.08.